The van der Waals surface area contributed by atoms with E-state index in [-0.39, 0.29) is 6.10 Å². The van der Waals surface area contributed by atoms with E-state index >= 15 is 0 Å². The molecule has 13 heavy (non-hydrogen) atoms. The molecule has 2 nitrogen and oxygen atoms in total. The fourth-order valence-corrected chi connectivity index (χ4v) is 2.10. The minimum Gasteiger partial charge on any atom is -0.388 e. The Labute approximate surface area is 78.4 Å². The van der Waals surface area contributed by atoms with Gasteiger partial charge in [-0.2, -0.15) is 0 Å². The number of rotatable bonds is 1. The van der Waals surface area contributed by atoms with Gasteiger partial charge in [0.25, 0.3) is 0 Å². The molecule has 1 aliphatic carbocycles. The second-order valence-electron chi connectivity index (χ2n) is 3.82. The first-order chi connectivity index (χ1) is 6.22. The van der Waals surface area contributed by atoms with Gasteiger partial charge in [0.15, 0.2) is 0 Å². The van der Waals surface area contributed by atoms with Crippen LogP contribution in [-0.4, -0.2) is 11.7 Å². The van der Waals surface area contributed by atoms with Crippen molar-refractivity contribution in [1.29, 1.82) is 0 Å². The Bertz CT molecular complexity index is 322. The van der Waals surface area contributed by atoms with E-state index in [9.17, 15) is 5.11 Å². The monoisotopic (exact) mass is 177 g/mol. The normalized spacial score (nSPS) is 26.1. The lowest BCUT2D eigenvalue weighted by Gasteiger charge is -2.07. The van der Waals surface area contributed by atoms with Crippen molar-refractivity contribution in [3.8, 4) is 0 Å². The molecule has 2 heteroatoms. The molecule has 2 rings (SSSR count). The predicted molar refractivity (Wildman–Crippen MR) is 52.6 cm³/mol. The fourth-order valence-electron chi connectivity index (χ4n) is 2.10. The van der Waals surface area contributed by atoms with Crippen LogP contribution < -0.4 is 5.73 Å². The first-order valence-corrected chi connectivity index (χ1v) is 4.71. The van der Waals surface area contributed by atoms with Gasteiger partial charge >= 0.3 is 0 Å². The molecule has 0 saturated carbocycles. The van der Waals surface area contributed by atoms with E-state index in [0.717, 1.165) is 12.0 Å². The summed E-state index contributed by atoms with van der Waals surface area (Å²) in [5, 5.41) is 9.75. The number of hydrogen-bond acceptors (Lipinski definition) is 2. The molecule has 70 valence electrons. The molecule has 1 aromatic rings. The third kappa shape index (κ3) is 1.36. The van der Waals surface area contributed by atoms with Gasteiger partial charge in [-0.25, -0.2) is 0 Å². The van der Waals surface area contributed by atoms with Crippen molar-refractivity contribution in [3.63, 3.8) is 0 Å². The summed E-state index contributed by atoms with van der Waals surface area (Å²) in [6.07, 6.45) is 0.485. The Hall–Kier alpha value is -0.860. The Morgan fingerprint density at radius 3 is 2.92 bits per heavy atom. The maximum atomic E-state index is 9.75. The van der Waals surface area contributed by atoms with Crippen LogP contribution in [0.2, 0.25) is 0 Å². The summed E-state index contributed by atoms with van der Waals surface area (Å²) < 4.78 is 0. The van der Waals surface area contributed by atoms with Gasteiger partial charge in [-0.15, -0.1) is 0 Å². The van der Waals surface area contributed by atoms with Crippen LogP contribution in [0.3, 0.4) is 0 Å². The summed E-state index contributed by atoms with van der Waals surface area (Å²) in [5.74, 6) is 0.352. The highest BCUT2D eigenvalue weighted by molar-refractivity contribution is 5.39. The topological polar surface area (TPSA) is 46.2 Å². The van der Waals surface area contributed by atoms with Crippen molar-refractivity contribution in [2.24, 2.45) is 5.73 Å². The Balaban J connectivity index is 2.46. The van der Waals surface area contributed by atoms with Crippen LogP contribution in [0.15, 0.2) is 18.2 Å². The largest absolute Gasteiger partial charge is 0.388 e. The summed E-state index contributed by atoms with van der Waals surface area (Å²) in [5.41, 5.74) is 9.16. The van der Waals surface area contributed by atoms with E-state index < -0.39 is 0 Å². The summed E-state index contributed by atoms with van der Waals surface area (Å²) in [7, 11) is 0. The molecule has 0 amide bonds. The summed E-state index contributed by atoms with van der Waals surface area (Å²) in [4.78, 5) is 0. The molecule has 0 aliphatic heterocycles. The molecule has 0 aromatic heterocycles. The highest BCUT2D eigenvalue weighted by atomic mass is 16.3. The summed E-state index contributed by atoms with van der Waals surface area (Å²) in [6, 6.07) is 6.24. The van der Waals surface area contributed by atoms with Crippen molar-refractivity contribution < 1.29 is 5.11 Å². The van der Waals surface area contributed by atoms with E-state index in [4.69, 9.17) is 5.73 Å². The number of aliphatic hydroxyl groups excluding tert-OH is 1. The van der Waals surface area contributed by atoms with Crippen LogP contribution in [0.25, 0.3) is 0 Å². The maximum Gasteiger partial charge on any atom is 0.0799 e. The lowest BCUT2D eigenvalue weighted by molar-refractivity contribution is 0.173. The molecular formula is C11H15NO. The standard InChI is InChI=1S/C11H15NO/c1-7-2-3-9-8(6-12)5-11(13)10(9)4-7/h2-4,8,11,13H,5-6,12H2,1H3. The van der Waals surface area contributed by atoms with Crippen molar-refractivity contribution in [3.05, 3.63) is 34.9 Å². The average molecular weight is 177 g/mol. The molecule has 0 radical (unpaired) electrons. The third-order valence-corrected chi connectivity index (χ3v) is 2.83. The number of aliphatic hydroxyl groups is 1. The van der Waals surface area contributed by atoms with Crippen LogP contribution in [0.1, 0.15) is 35.1 Å². The van der Waals surface area contributed by atoms with Gasteiger partial charge in [-0.05, 0) is 36.9 Å². The molecule has 0 spiro atoms. The van der Waals surface area contributed by atoms with Gasteiger partial charge < -0.3 is 10.8 Å². The number of fused-ring (bicyclic) bond motifs is 1. The SMILES string of the molecule is Cc1ccc2c(c1)C(O)CC2CN. The summed E-state index contributed by atoms with van der Waals surface area (Å²) in [6.45, 7) is 2.68. The van der Waals surface area contributed by atoms with E-state index in [1.54, 1.807) is 0 Å². The van der Waals surface area contributed by atoms with Crippen LogP contribution in [0.4, 0.5) is 0 Å². The van der Waals surface area contributed by atoms with Gasteiger partial charge in [-0.1, -0.05) is 23.8 Å². The van der Waals surface area contributed by atoms with Crippen molar-refractivity contribution in [2.75, 3.05) is 6.54 Å². The van der Waals surface area contributed by atoms with E-state index in [1.807, 2.05) is 6.92 Å². The van der Waals surface area contributed by atoms with E-state index in [0.29, 0.717) is 12.5 Å². The lowest BCUT2D eigenvalue weighted by Crippen LogP contribution is -2.09. The van der Waals surface area contributed by atoms with Gasteiger partial charge in [0.2, 0.25) is 0 Å². The van der Waals surface area contributed by atoms with Crippen LogP contribution in [-0.2, 0) is 0 Å². The van der Waals surface area contributed by atoms with Gasteiger partial charge in [0.05, 0.1) is 6.10 Å². The fraction of sp³-hybridized carbons (Fsp3) is 0.455. The molecule has 1 aliphatic rings. The Kier molecular flexibility index (Phi) is 2.10. The molecule has 1 aromatic carbocycles. The molecule has 2 atom stereocenters. The van der Waals surface area contributed by atoms with Crippen molar-refractivity contribution in [2.45, 2.75) is 25.4 Å². The molecule has 0 bridgehead atoms. The summed E-state index contributed by atoms with van der Waals surface area (Å²) >= 11 is 0. The highest BCUT2D eigenvalue weighted by Gasteiger charge is 2.28. The van der Waals surface area contributed by atoms with Gasteiger partial charge in [-0.3, -0.25) is 0 Å². The predicted octanol–water partition coefficient (Wildman–Crippen LogP) is 1.47. The zero-order chi connectivity index (χ0) is 9.42. The average Bonchev–Trinajstić information content (AvgIpc) is 2.43. The maximum absolute atomic E-state index is 9.75. The molecule has 0 fully saturated rings. The van der Waals surface area contributed by atoms with Crippen LogP contribution in [0, 0.1) is 6.92 Å². The Morgan fingerprint density at radius 1 is 1.46 bits per heavy atom. The molecular weight excluding hydrogens is 162 g/mol. The quantitative estimate of drug-likeness (QED) is 0.682. The van der Waals surface area contributed by atoms with Crippen molar-refractivity contribution >= 4 is 0 Å². The van der Waals surface area contributed by atoms with Crippen LogP contribution >= 0.6 is 0 Å². The first kappa shape index (κ1) is 8.73. The lowest BCUT2D eigenvalue weighted by atomic mass is 10.0. The third-order valence-electron chi connectivity index (χ3n) is 2.83. The van der Waals surface area contributed by atoms with E-state index in [1.165, 1.54) is 11.1 Å². The zero-order valence-electron chi connectivity index (χ0n) is 7.83. The highest BCUT2D eigenvalue weighted by Crippen LogP contribution is 2.39. The minimum absolute atomic E-state index is 0.302. The number of hydrogen-bond donors (Lipinski definition) is 2. The van der Waals surface area contributed by atoms with Gasteiger partial charge in [0, 0.05) is 0 Å². The van der Waals surface area contributed by atoms with Crippen molar-refractivity contribution in [1.82, 2.24) is 0 Å². The smallest absolute Gasteiger partial charge is 0.0799 e. The number of benzene rings is 1. The Morgan fingerprint density at radius 2 is 2.23 bits per heavy atom. The number of aryl methyl sites for hydroxylation is 1. The van der Waals surface area contributed by atoms with E-state index in [2.05, 4.69) is 18.2 Å². The second kappa shape index (κ2) is 3.13. The van der Waals surface area contributed by atoms with Crippen LogP contribution in [0.5, 0.6) is 0 Å². The second-order valence-corrected chi connectivity index (χ2v) is 3.82. The molecule has 0 saturated heterocycles. The molecule has 0 heterocycles. The molecule has 2 unspecified atom stereocenters. The molecule has 3 N–H and O–H groups in total. The first-order valence-electron chi connectivity index (χ1n) is 4.71. The van der Waals surface area contributed by atoms with Gasteiger partial charge in [0.1, 0.15) is 0 Å². The zero-order valence-corrected chi connectivity index (χ0v) is 7.83. The number of nitrogens with two attached hydrogens (primary N) is 1. The minimum atomic E-state index is -0.302.